The van der Waals surface area contributed by atoms with Gasteiger partial charge in [0, 0.05) is 13.0 Å². The standard InChI is InChI=1S/C15H21NO/c17-12-4-5-14-6-8-15(9-7-14)13-16-10-2-1-3-11-16/h6-9,12H,1-5,10-11,13H2. The molecule has 1 fully saturated rings. The van der Waals surface area contributed by atoms with Gasteiger partial charge < -0.3 is 4.79 Å². The van der Waals surface area contributed by atoms with Crippen molar-refractivity contribution in [3.8, 4) is 0 Å². The molecule has 2 heteroatoms. The second-order valence-electron chi connectivity index (χ2n) is 4.86. The lowest BCUT2D eigenvalue weighted by atomic mass is 10.1. The number of piperidine rings is 1. The molecule has 2 rings (SSSR count). The van der Waals surface area contributed by atoms with Crippen molar-refractivity contribution >= 4 is 6.29 Å². The lowest BCUT2D eigenvalue weighted by Gasteiger charge is -2.26. The smallest absolute Gasteiger partial charge is 0.120 e. The summed E-state index contributed by atoms with van der Waals surface area (Å²) in [5.74, 6) is 0. The molecule has 1 aromatic rings. The Hall–Kier alpha value is -1.15. The van der Waals surface area contributed by atoms with Crippen molar-refractivity contribution in [3.63, 3.8) is 0 Å². The Balaban J connectivity index is 1.86. The Morgan fingerprint density at radius 2 is 1.65 bits per heavy atom. The Morgan fingerprint density at radius 3 is 2.29 bits per heavy atom. The molecule has 0 unspecified atom stereocenters. The number of likely N-dealkylation sites (tertiary alicyclic amines) is 1. The van der Waals surface area contributed by atoms with Gasteiger partial charge in [-0.05, 0) is 43.5 Å². The molecular formula is C15H21NO. The van der Waals surface area contributed by atoms with Crippen LogP contribution in [0, 0.1) is 0 Å². The van der Waals surface area contributed by atoms with Crippen molar-refractivity contribution < 1.29 is 4.79 Å². The Morgan fingerprint density at radius 1 is 1.00 bits per heavy atom. The van der Waals surface area contributed by atoms with Gasteiger partial charge in [-0.15, -0.1) is 0 Å². The third-order valence-corrected chi connectivity index (χ3v) is 3.43. The van der Waals surface area contributed by atoms with Crippen LogP contribution in [0.5, 0.6) is 0 Å². The van der Waals surface area contributed by atoms with Crippen LogP contribution in [-0.2, 0) is 17.8 Å². The van der Waals surface area contributed by atoms with E-state index >= 15 is 0 Å². The minimum atomic E-state index is 0.630. The fraction of sp³-hybridized carbons (Fsp3) is 0.533. The molecule has 0 spiro atoms. The van der Waals surface area contributed by atoms with Gasteiger partial charge in [-0.2, -0.15) is 0 Å². The van der Waals surface area contributed by atoms with Crippen molar-refractivity contribution in [2.45, 2.75) is 38.6 Å². The predicted octanol–water partition coefficient (Wildman–Crippen LogP) is 2.80. The highest BCUT2D eigenvalue weighted by molar-refractivity contribution is 5.50. The third-order valence-electron chi connectivity index (χ3n) is 3.43. The van der Waals surface area contributed by atoms with E-state index in [0.29, 0.717) is 6.42 Å². The summed E-state index contributed by atoms with van der Waals surface area (Å²) in [5, 5.41) is 0. The second kappa shape index (κ2) is 6.55. The molecule has 2 nitrogen and oxygen atoms in total. The van der Waals surface area contributed by atoms with Gasteiger partial charge in [-0.3, -0.25) is 4.90 Å². The average Bonchev–Trinajstić information content (AvgIpc) is 2.39. The molecule has 0 atom stereocenters. The fourth-order valence-corrected chi connectivity index (χ4v) is 2.41. The minimum Gasteiger partial charge on any atom is -0.303 e. The summed E-state index contributed by atoms with van der Waals surface area (Å²) in [6, 6.07) is 8.72. The molecule has 1 aliphatic heterocycles. The van der Waals surface area contributed by atoms with E-state index in [1.165, 1.54) is 43.5 Å². The van der Waals surface area contributed by atoms with Gasteiger partial charge >= 0.3 is 0 Å². The quantitative estimate of drug-likeness (QED) is 0.726. The van der Waals surface area contributed by atoms with Gasteiger partial charge in [-0.25, -0.2) is 0 Å². The zero-order valence-electron chi connectivity index (χ0n) is 10.4. The molecule has 0 aromatic heterocycles. The topological polar surface area (TPSA) is 20.3 Å². The van der Waals surface area contributed by atoms with E-state index in [9.17, 15) is 4.79 Å². The minimum absolute atomic E-state index is 0.630. The number of aldehydes is 1. The van der Waals surface area contributed by atoms with Crippen molar-refractivity contribution in [3.05, 3.63) is 35.4 Å². The monoisotopic (exact) mass is 231 g/mol. The van der Waals surface area contributed by atoms with Gasteiger partial charge in [0.25, 0.3) is 0 Å². The summed E-state index contributed by atoms with van der Waals surface area (Å²) in [6.45, 7) is 3.56. The summed E-state index contributed by atoms with van der Waals surface area (Å²) < 4.78 is 0. The lowest BCUT2D eigenvalue weighted by molar-refractivity contribution is -0.107. The van der Waals surface area contributed by atoms with Crippen LogP contribution in [0.25, 0.3) is 0 Å². The van der Waals surface area contributed by atoms with Gasteiger partial charge in [0.1, 0.15) is 6.29 Å². The number of rotatable bonds is 5. The predicted molar refractivity (Wildman–Crippen MR) is 70.0 cm³/mol. The fourth-order valence-electron chi connectivity index (χ4n) is 2.41. The van der Waals surface area contributed by atoms with E-state index in [-0.39, 0.29) is 0 Å². The maximum Gasteiger partial charge on any atom is 0.120 e. The number of aryl methyl sites for hydroxylation is 1. The van der Waals surface area contributed by atoms with E-state index in [1.807, 2.05) is 0 Å². The van der Waals surface area contributed by atoms with E-state index in [4.69, 9.17) is 0 Å². The number of benzene rings is 1. The van der Waals surface area contributed by atoms with Crippen LogP contribution < -0.4 is 0 Å². The maximum atomic E-state index is 10.3. The normalized spacial score (nSPS) is 16.9. The van der Waals surface area contributed by atoms with Crippen LogP contribution in [0.2, 0.25) is 0 Å². The molecular weight excluding hydrogens is 210 g/mol. The van der Waals surface area contributed by atoms with Crippen LogP contribution in [0.4, 0.5) is 0 Å². The third kappa shape index (κ3) is 3.97. The first-order valence-electron chi connectivity index (χ1n) is 6.62. The van der Waals surface area contributed by atoms with Gasteiger partial charge in [-0.1, -0.05) is 30.7 Å². The van der Waals surface area contributed by atoms with Crippen molar-refractivity contribution in [2.75, 3.05) is 13.1 Å². The molecule has 0 saturated carbocycles. The molecule has 1 aromatic carbocycles. The molecule has 1 heterocycles. The van der Waals surface area contributed by atoms with E-state index in [0.717, 1.165) is 19.3 Å². The van der Waals surface area contributed by atoms with Crippen LogP contribution >= 0.6 is 0 Å². The molecule has 0 amide bonds. The Bertz CT molecular complexity index is 338. The van der Waals surface area contributed by atoms with Crippen LogP contribution in [-0.4, -0.2) is 24.3 Å². The van der Waals surface area contributed by atoms with Crippen molar-refractivity contribution in [1.82, 2.24) is 4.90 Å². The summed E-state index contributed by atoms with van der Waals surface area (Å²) in [6.07, 6.45) is 6.57. The largest absolute Gasteiger partial charge is 0.303 e. The first kappa shape index (κ1) is 12.3. The molecule has 17 heavy (non-hydrogen) atoms. The number of carbonyl (C=O) groups is 1. The molecule has 0 N–H and O–H groups in total. The summed E-state index contributed by atoms with van der Waals surface area (Å²) >= 11 is 0. The average molecular weight is 231 g/mol. The van der Waals surface area contributed by atoms with Gasteiger partial charge in [0.15, 0.2) is 0 Å². The summed E-state index contributed by atoms with van der Waals surface area (Å²) in [5.41, 5.74) is 2.65. The molecule has 92 valence electrons. The number of carbonyl (C=O) groups excluding carboxylic acids is 1. The molecule has 0 radical (unpaired) electrons. The lowest BCUT2D eigenvalue weighted by Crippen LogP contribution is -2.29. The summed E-state index contributed by atoms with van der Waals surface area (Å²) in [4.78, 5) is 12.8. The van der Waals surface area contributed by atoms with Gasteiger partial charge in [0.05, 0.1) is 0 Å². The van der Waals surface area contributed by atoms with E-state index in [1.54, 1.807) is 0 Å². The zero-order valence-corrected chi connectivity index (χ0v) is 10.4. The Kier molecular flexibility index (Phi) is 4.75. The van der Waals surface area contributed by atoms with Crippen LogP contribution in [0.15, 0.2) is 24.3 Å². The van der Waals surface area contributed by atoms with Crippen LogP contribution in [0.1, 0.15) is 36.8 Å². The SMILES string of the molecule is O=CCCc1ccc(CN2CCCCC2)cc1. The second-order valence-corrected chi connectivity index (χ2v) is 4.86. The van der Waals surface area contributed by atoms with Crippen molar-refractivity contribution in [2.24, 2.45) is 0 Å². The Labute approximate surface area is 104 Å². The molecule has 0 aliphatic carbocycles. The number of hydrogen-bond acceptors (Lipinski definition) is 2. The highest BCUT2D eigenvalue weighted by Crippen LogP contribution is 2.13. The molecule has 1 aliphatic rings. The highest BCUT2D eigenvalue weighted by Gasteiger charge is 2.09. The molecule has 0 bridgehead atoms. The first-order chi connectivity index (χ1) is 8.38. The first-order valence-corrected chi connectivity index (χ1v) is 6.62. The molecule has 1 saturated heterocycles. The zero-order chi connectivity index (χ0) is 11.9. The van der Waals surface area contributed by atoms with Gasteiger partial charge in [0.2, 0.25) is 0 Å². The number of hydrogen-bond donors (Lipinski definition) is 0. The highest BCUT2D eigenvalue weighted by atomic mass is 16.1. The van der Waals surface area contributed by atoms with E-state index in [2.05, 4.69) is 29.2 Å². The van der Waals surface area contributed by atoms with Crippen molar-refractivity contribution in [1.29, 1.82) is 0 Å². The number of nitrogens with zero attached hydrogens (tertiary/aromatic N) is 1. The maximum absolute atomic E-state index is 10.3. The van der Waals surface area contributed by atoms with Crippen LogP contribution in [0.3, 0.4) is 0 Å². The van der Waals surface area contributed by atoms with E-state index < -0.39 is 0 Å². The summed E-state index contributed by atoms with van der Waals surface area (Å²) in [7, 11) is 0.